The third kappa shape index (κ3) is 3.32. The van der Waals surface area contributed by atoms with Gasteiger partial charge in [0.15, 0.2) is 12.4 Å². The number of nitrogens with one attached hydrogen (secondary N) is 1. The van der Waals surface area contributed by atoms with E-state index in [1.807, 2.05) is 0 Å². The van der Waals surface area contributed by atoms with Crippen molar-refractivity contribution in [1.82, 2.24) is 4.57 Å². The van der Waals surface area contributed by atoms with Crippen LogP contribution < -0.4 is 15.6 Å². The van der Waals surface area contributed by atoms with E-state index in [1.165, 1.54) is 25.1 Å². The molecule has 1 unspecified atom stereocenters. The minimum Gasteiger partial charge on any atom is -0.482 e. The van der Waals surface area contributed by atoms with Crippen LogP contribution in [0.3, 0.4) is 0 Å². The zero-order chi connectivity index (χ0) is 19.1. The molecule has 2 aromatic rings. The molecular formula is C17H13F3N2O4. The summed E-state index contributed by atoms with van der Waals surface area (Å²) >= 11 is 0. The van der Waals surface area contributed by atoms with Crippen LogP contribution in [0.2, 0.25) is 0 Å². The fourth-order valence-corrected chi connectivity index (χ4v) is 2.58. The van der Waals surface area contributed by atoms with Gasteiger partial charge in [0.1, 0.15) is 5.75 Å². The lowest BCUT2D eigenvalue weighted by Crippen LogP contribution is -2.29. The molecule has 9 heteroatoms. The number of carbonyl (C=O) groups is 2. The predicted molar refractivity (Wildman–Crippen MR) is 85.3 cm³/mol. The van der Waals surface area contributed by atoms with Crippen LogP contribution in [0.5, 0.6) is 5.75 Å². The second kappa shape index (κ2) is 6.32. The molecule has 1 aromatic carbocycles. The highest BCUT2D eigenvalue weighted by atomic mass is 19.4. The van der Waals surface area contributed by atoms with Gasteiger partial charge in [0, 0.05) is 17.8 Å². The molecule has 1 N–H and O–H groups in total. The molecule has 1 amide bonds. The first-order chi connectivity index (χ1) is 12.2. The summed E-state index contributed by atoms with van der Waals surface area (Å²) in [6.07, 6.45) is -4.01. The summed E-state index contributed by atoms with van der Waals surface area (Å²) in [4.78, 5) is 35.9. The average molecular weight is 366 g/mol. The molecule has 1 aromatic heterocycles. The van der Waals surface area contributed by atoms with Crippen LogP contribution in [0.15, 0.2) is 41.3 Å². The van der Waals surface area contributed by atoms with Crippen LogP contribution in [0.4, 0.5) is 18.9 Å². The van der Waals surface area contributed by atoms with Crippen LogP contribution in [0.25, 0.3) is 0 Å². The van der Waals surface area contributed by atoms with Gasteiger partial charge in [0.25, 0.3) is 11.5 Å². The number of Topliss-reactive ketones (excluding diaryl/α,β-unsaturated/α-hetero) is 1. The zero-order valence-electron chi connectivity index (χ0n) is 13.5. The van der Waals surface area contributed by atoms with Gasteiger partial charge >= 0.3 is 6.18 Å². The van der Waals surface area contributed by atoms with Crippen LogP contribution in [-0.4, -0.2) is 22.9 Å². The van der Waals surface area contributed by atoms with Crippen molar-refractivity contribution in [2.75, 3.05) is 11.9 Å². The minimum absolute atomic E-state index is 0.131. The van der Waals surface area contributed by atoms with E-state index < -0.39 is 29.1 Å². The van der Waals surface area contributed by atoms with E-state index in [1.54, 1.807) is 0 Å². The summed E-state index contributed by atoms with van der Waals surface area (Å²) < 4.78 is 44.5. The van der Waals surface area contributed by atoms with E-state index in [2.05, 4.69) is 5.32 Å². The minimum atomic E-state index is -4.63. The second-order valence-electron chi connectivity index (χ2n) is 5.75. The van der Waals surface area contributed by atoms with Crippen molar-refractivity contribution in [2.24, 2.45) is 0 Å². The van der Waals surface area contributed by atoms with Gasteiger partial charge < -0.3 is 14.6 Å². The van der Waals surface area contributed by atoms with Crippen molar-refractivity contribution >= 4 is 17.4 Å². The van der Waals surface area contributed by atoms with E-state index in [0.29, 0.717) is 18.0 Å². The maximum Gasteiger partial charge on any atom is 0.417 e. The predicted octanol–water partition coefficient (Wildman–Crippen LogP) is 2.64. The second-order valence-corrected chi connectivity index (χ2v) is 5.75. The number of pyridine rings is 1. The number of carbonyl (C=O) groups excluding carboxylic acids is 2. The Labute approximate surface area is 145 Å². The SMILES string of the molecule is CC(C(=O)c1ccc2c(c1)NC(=O)CO2)n1cc(C(F)(F)F)ccc1=O. The average Bonchev–Trinajstić information content (AvgIpc) is 2.59. The molecule has 0 saturated carbocycles. The van der Waals surface area contributed by atoms with Crippen LogP contribution in [0, 0.1) is 0 Å². The first-order valence-electron chi connectivity index (χ1n) is 7.57. The summed E-state index contributed by atoms with van der Waals surface area (Å²) in [5, 5.41) is 2.54. The normalized spacial score (nSPS) is 14.8. The fourth-order valence-electron chi connectivity index (χ4n) is 2.58. The Morgan fingerprint density at radius 1 is 1.23 bits per heavy atom. The number of nitrogens with zero attached hydrogens (tertiary/aromatic N) is 1. The van der Waals surface area contributed by atoms with Crippen LogP contribution in [0.1, 0.15) is 28.9 Å². The molecule has 0 aliphatic carbocycles. The monoisotopic (exact) mass is 366 g/mol. The molecule has 26 heavy (non-hydrogen) atoms. The van der Waals surface area contributed by atoms with Crippen molar-refractivity contribution in [3.05, 3.63) is 58.0 Å². The Morgan fingerprint density at radius 2 is 1.96 bits per heavy atom. The maximum absolute atomic E-state index is 12.9. The van der Waals surface area contributed by atoms with Crippen LogP contribution >= 0.6 is 0 Å². The van der Waals surface area contributed by atoms with Gasteiger partial charge in [-0.3, -0.25) is 14.4 Å². The number of rotatable bonds is 3. The number of aromatic nitrogens is 1. The van der Waals surface area contributed by atoms with Gasteiger partial charge in [0.2, 0.25) is 0 Å². The van der Waals surface area contributed by atoms with Gasteiger partial charge in [-0.25, -0.2) is 0 Å². The smallest absolute Gasteiger partial charge is 0.417 e. The molecule has 6 nitrogen and oxygen atoms in total. The van der Waals surface area contributed by atoms with Crippen molar-refractivity contribution in [1.29, 1.82) is 0 Å². The molecular weight excluding hydrogens is 353 g/mol. The summed E-state index contributed by atoms with van der Waals surface area (Å²) in [6, 6.07) is 4.54. The first kappa shape index (κ1) is 17.7. The number of hydrogen-bond donors (Lipinski definition) is 1. The third-order valence-corrected chi connectivity index (χ3v) is 3.96. The molecule has 0 fully saturated rings. The van der Waals surface area contributed by atoms with E-state index >= 15 is 0 Å². The lowest BCUT2D eigenvalue weighted by atomic mass is 10.0. The number of ketones is 1. The molecule has 136 valence electrons. The summed E-state index contributed by atoms with van der Waals surface area (Å²) in [5.41, 5.74) is -1.33. The molecule has 0 spiro atoms. The number of benzene rings is 1. The largest absolute Gasteiger partial charge is 0.482 e. The van der Waals surface area contributed by atoms with Crippen molar-refractivity contribution < 1.29 is 27.5 Å². The highest BCUT2D eigenvalue weighted by Gasteiger charge is 2.32. The summed E-state index contributed by atoms with van der Waals surface area (Å²) in [5.74, 6) is -0.580. The van der Waals surface area contributed by atoms with Crippen molar-refractivity contribution in [2.45, 2.75) is 19.1 Å². The van der Waals surface area contributed by atoms with Gasteiger partial charge in [0.05, 0.1) is 17.3 Å². The highest BCUT2D eigenvalue weighted by Crippen LogP contribution is 2.31. The molecule has 3 rings (SSSR count). The maximum atomic E-state index is 12.9. The Balaban J connectivity index is 1.95. The topological polar surface area (TPSA) is 77.4 Å². The number of halogens is 3. The summed E-state index contributed by atoms with van der Waals surface area (Å²) in [7, 11) is 0. The van der Waals surface area contributed by atoms with Crippen molar-refractivity contribution in [3.8, 4) is 5.75 Å². The molecule has 1 aliphatic rings. The molecule has 1 aliphatic heterocycles. The van der Waals surface area contributed by atoms with Gasteiger partial charge in [-0.2, -0.15) is 13.2 Å². The van der Waals surface area contributed by atoms with E-state index in [0.717, 1.165) is 10.6 Å². The van der Waals surface area contributed by atoms with Gasteiger partial charge in [-0.05, 0) is 31.2 Å². The van der Waals surface area contributed by atoms with Gasteiger partial charge in [-0.1, -0.05) is 0 Å². The lowest BCUT2D eigenvalue weighted by molar-refractivity contribution is -0.138. The van der Waals surface area contributed by atoms with E-state index in [-0.39, 0.29) is 23.8 Å². The number of fused-ring (bicyclic) bond motifs is 1. The number of ether oxygens (including phenoxy) is 1. The van der Waals surface area contributed by atoms with E-state index in [4.69, 9.17) is 4.74 Å². The Morgan fingerprint density at radius 3 is 2.65 bits per heavy atom. The Kier molecular flexibility index (Phi) is 4.31. The molecule has 0 bridgehead atoms. The quantitative estimate of drug-likeness (QED) is 0.848. The Hall–Kier alpha value is -3.10. The number of hydrogen-bond acceptors (Lipinski definition) is 4. The molecule has 0 radical (unpaired) electrons. The third-order valence-electron chi connectivity index (χ3n) is 3.96. The number of anilines is 1. The first-order valence-corrected chi connectivity index (χ1v) is 7.57. The lowest BCUT2D eigenvalue weighted by Gasteiger charge is -2.20. The Bertz CT molecular complexity index is 950. The van der Waals surface area contributed by atoms with Crippen LogP contribution in [-0.2, 0) is 11.0 Å². The molecule has 2 heterocycles. The summed E-state index contributed by atoms with van der Waals surface area (Å²) in [6.45, 7) is 1.19. The zero-order valence-corrected chi connectivity index (χ0v) is 13.5. The van der Waals surface area contributed by atoms with Gasteiger partial charge in [-0.15, -0.1) is 0 Å². The fraction of sp³-hybridized carbons (Fsp3) is 0.235. The molecule has 1 atom stereocenters. The standard InChI is InChI=1S/C17H13F3N2O4/c1-9(22-7-11(17(18,19)20)3-5-15(22)24)16(25)10-2-4-13-12(6-10)21-14(23)8-26-13/h2-7,9H,8H2,1H3,(H,21,23). The number of amides is 1. The van der Waals surface area contributed by atoms with Crippen molar-refractivity contribution in [3.63, 3.8) is 0 Å². The highest BCUT2D eigenvalue weighted by molar-refractivity contribution is 6.02. The number of alkyl halides is 3. The molecule has 0 saturated heterocycles. The van der Waals surface area contributed by atoms with E-state index in [9.17, 15) is 27.6 Å².